The lowest BCUT2D eigenvalue weighted by Gasteiger charge is -2.64. The van der Waals surface area contributed by atoms with E-state index in [9.17, 15) is 9.59 Å². The number of carbonyl (C=O) groups excluding carboxylic acids is 2. The molecule has 4 aliphatic heterocycles. The fourth-order valence-electron chi connectivity index (χ4n) is 5.50. The number of benzene rings is 1. The summed E-state index contributed by atoms with van der Waals surface area (Å²) in [5.74, 6) is 0.611. The highest BCUT2D eigenvalue weighted by atomic mass is 16.1. The molecule has 1 aromatic rings. The van der Waals surface area contributed by atoms with E-state index in [2.05, 4.69) is 18.7 Å². The Balaban J connectivity index is 1.65. The number of quaternary nitrogens is 1. The first-order chi connectivity index (χ1) is 10.3. The Hall–Kier alpha value is -1.52. The van der Waals surface area contributed by atoms with E-state index in [0.29, 0.717) is 12.3 Å². The zero-order valence-electron chi connectivity index (χ0n) is 13.3. The Kier molecular flexibility index (Phi) is 2.73. The normalized spacial score (nSPS) is 42.6. The van der Waals surface area contributed by atoms with Crippen molar-refractivity contribution in [1.82, 2.24) is 4.90 Å². The van der Waals surface area contributed by atoms with Gasteiger partial charge in [-0.25, -0.2) is 0 Å². The van der Waals surface area contributed by atoms with Crippen molar-refractivity contribution in [3.63, 3.8) is 0 Å². The van der Waals surface area contributed by atoms with Gasteiger partial charge in [-0.3, -0.25) is 14.5 Å². The molecule has 5 rings (SSSR count). The van der Waals surface area contributed by atoms with Gasteiger partial charge in [0.25, 0.3) is 0 Å². The van der Waals surface area contributed by atoms with E-state index in [-0.39, 0.29) is 16.6 Å². The minimum absolute atomic E-state index is 0.198. The van der Waals surface area contributed by atoms with E-state index in [0.717, 1.165) is 42.9 Å². The van der Waals surface area contributed by atoms with Gasteiger partial charge in [-0.2, -0.15) is 0 Å². The minimum Gasteiger partial charge on any atom is -0.303 e. The van der Waals surface area contributed by atoms with Crippen LogP contribution in [0.4, 0.5) is 0 Å². The van der Waals surface area contributed by atoms with Gasteiger partial charge in [0.2, 0.25) is 5.78 Å². The second-order valence-electron chi connectivity index (χ2n) is 8.18. The number of nitrogens with zero attached hydrogens (tertiary/aromatic N) is 2. The maximum absolute atomic E-state index is 12.8. The van der Waals surface area contributed by atoms with Crippen LogP contribution in [-0.4, -0.2) is 60.3 Å². The van der Waals surface area contributed by atoms with Gasteiger partial charge in [0.1, 0.15) is 13.2 Å². The first-order valence-electron chi connectivity index (χ1n) is 8.05. The third kappa shape index (κ3) is 1.90. The van der Waals surface area contributed by atoms with E-state index in [1.165, 1.54) is 0 Å². The number of ketones is 2. The standard InChI is InChI=1S/C18H23N2O2/c1-17-9-19-10-18(2,16(17)22)12-20(11-17,13-19)8-15(21)14-6-4-3-5-7-14/h3-7H,8-13H2,1-2H3/q+1/t17-,18-/m0/s1. The highest BCUT2D eigenvalue weighted by Gasteiger charge is 2.66. The predicted octanol–water partition coefficient (Wildman–Crippen LogP) is 1.57. The van der Waals surface area contributed by atoms with Crippen LogP contribution in [0.1, 0.15) is 24.2 Å². The molecule has 0 radical (unpaired) electrons. The molecular formula is C18H23N2O2+. The number of hydrogen-bond acceptors (Lipinski definition) is 3. The summed E-state index contributed by atoms with van der Waals surface area (Å²) in [5, 5.41) is 0. The average molecular weight is 299 g/mol. The molecule has 4 saturated heterocycles. The van der Waals surface area contributed by atoms with Gasteiger partial charge in [0, 0.05) is 18.7 Å². The molecule has 4 nitrogen and oxygen atoms in total. The van der Waals surface area contributed by atoms with Crippen LogP contribution in [-0.2, 0) is 4.79 Å². The summed E-state index contributed by atoms with van der Waals surface area (Å²) < 4.78 is 0.756. The maximum Gasteiger partial charge on any atom is 0.216 e. The summed E-state index contributed by atoms with van der Waals surface area (Å²) >= 11 is 0. The van der Waals surface area contributed by atoms with Crippen LogP contribution in [0.25, 0.3) is 0 Å². The molecule has 0 unspecified atom stereocenters. The van der Waals surface area contributed by atoms with E-state index in [1.54, 1.807) is 0 Å². The van der Waals surface area contributed by atoms with Crippen molar-refractivity contribution in [1.29, 1.82) is 0 Å². The Morgan fingerprint density at radius 2 is 1.73 bits per heavy atom. The Morgan fingerprint density at radius 1 is 1.14 bits per heavy atom. The molecule has 0 N–H and O–H groups in total. The van der Waals surface area contributed by atoms with Gasteiger partial charge in [0.15, 0.2) is 5.78 Å². The van der Waals surface area contributed by atoms with Gasteiger partial charge in [-0.05, 0) is 13.8 Å². The van der Waals surface area contributed by atoms with E-state index >= 15 is 0 Å². The van der Waals surface area contributed by atoms with Gasteiger partial charge < -0.3 is 4.48 Å². The fraction of sp³-hybridized carbons (Fsp3) is 0.556. The summed E-state index contributed by atoms with van der Waals surface area (Å²) in [7, 11) is 0. The third-order valence-electron chi connectivity index (χ3n) is 5.69. The zero-order valence-corrected chi connectivity index (χ0v) is 13.3. The monoisotopic (exact) mass is 299 g/mol. The van der Waals surface area contributed by atoms with Gasteiger partial charge in [-0.1, -0.05) is 30.3 Å². The molecule has 2 atom stereocenters. The molecule has 116 valence electrons. The molecule has 4 bridgehead atoms. The molecular weight excluding hydrogens is 276 g/mol. The second kappa shape index (κ2) is 4.27. The second-order valence-corrected chi connectivity index (χ2v) is 8.18. The van der Waals surface area contributed by atoms with E-state index in [1.807, 2.05) is 30.3 Å². The van der Waals surface area contributed by atoms with Crippen LogP contribution in [0.3, 0.4) is 0 Å². The average Bonchev–Trinajstić information content (AvgIpc) is 2.44. The van der Waals surface area contributed by atoms with Crippen molar-refractivity contribution in [2.75, 3.05) is 39.4 Å². The van der Waals surface area contributed by atoms with Crippen molar-refractivity contribution in [3.8, 4) is 0 Å². The molecule has 0 saturated carbocycles. The quantitative estimate of drug-likeness (QED) is 0.628. The lowest BCUT2D eigenvalue weighted by atomic mass is 9.61. The van der Waals surface area contributed by atoms with Crippen LogP contribution in [0, 0.1) is 10.8 Å². The molecule has 0 spiro atoms. The number of hydrogen-bond donors (Lipinski definition) is 0. The molecule has 4 heterocycles. The van der Waals surface area contributed by atoms with Gasteiger partial charge >= 0.3 is 0 Å². The van der Waals surface area contributed by atoms with E-state index in [4.69, 9.17) is 0 Å². The topological polar surface area (TPSA) is 37.4 Å². The highest BCUT2D eigenvalue weighted by Crippen LogP contribution is 2.49. The lowest BCUT2D eigenvalue weighted by molar-refractivity contribution is -0.956. The highest BCUT2D eigenvalue weighted by molar-refractivity contribution is 5.97. The molecule has 4 heteroatoms. The summed E-state index contributed by atoms with van der Waals surface area (Å²) in [6.07, 6.45) is 0. The first-order valence-corrected chi connectivity index (χ1v) is 8.05. The summed E-state index contributed by atoms with van der Waals surface area (Å²) in [5.41, 5.74) is 0.231. The summed E-state index contributed by atoms with van der Waals surface area (Å²) in [4.78, 5) is 27.9. The van der Waals surface area contributed by atoms with Gasteiger partial charge in [-0.15, -0.1) is 0 Å². The summed E-state index contributed by atoms with van der Waals surface area (Å²) in [6.45, 7) is 8.97. The predicted molar refractivity (Wildman–Crippen MR) is 83.3 cm³/mol. The van der Waals surface area contributed by atoms with Gasteiger partial charge in [0.05, 0.1) is 23.9 Å². The van der Waals surface area contributed by atoms with Crippen LogP contribution >= 0.6 is 0 Å². The number of piperidine rings is 2. The molecule has 0 aromatic heterocycles. The van der Waals surface area contributed by atoms with Crippen LogP contribution in [0.2, 0.25) is 0 Å². The number of Topliss-reactive ketones (excluding diaryl/α,β-unsaturated/α-hetero) is 2. The van der Waals surface area contributed by atoms with Crippen LogP contribution < -0.4 is 0 Å². The SMILES string of the molecule is C[C@]12CN3C[C@@](C)(C[N+](CC(=O)c4ccccc4)(C3)C1)C2=O. The number of rotatable bonds is 3. The molecule has 0 aliphatic carbocycles. The fourth-order valence-corrected chi connectivity index (χ4v) is 5.50. The Bertz CT molecular complexity index is 632. The lowest BCUT2D eigenvalue weighted by Crippen LogP contribution is -2.82. The van der Waals surface area contributed by atoms with Crippen molar-refractivity contribution in [3.05, 3.63) is 35.9 Å². The van der Waals surface area contributed by atoms with Crippen molar-refractivity contribution in [2.24, 2.45) is 10.8 Å². The minimum atomic E-state index is -0.277. The van der Waals surface area contributed by atoms with Crippen LogP contribution in [0.5, 0.6) is 0 Å². The number of carbonyl (C=O) groups is 2. The maximum atomic E-state index is 12.8. The third-order valence-corrected chi connectivity index (χ3v) is 5.69. The first kappa shape index (κ1) is 14.1. The molecule has 4 aliphatic rings. The summed E-state index contributed by atoms with van der Waals surface area (Å²) in [6, 6.07) is 9.54. The van der Waals surface area contributed by atoms with Crippen LogP contribution in [0.15, 0.2) is 30.3 Å². The Morgan fingerprint density at radius 3 is 2.32 bits per heavy atom. The molecule has 4 fully saturated rings. The van der Waals surface area contributed by atoms with E-state index < -0.39 is 0 Å². The van der Waals surface area contributed by atoms with Crippen molar-refractivity contribution in [2.45, 2.75) is 13.8 Å². The largest absolute Gasteiger partial charge is 0.303 e. The molecule has 1 aromatic carbocycles. The van der Waals surface area contributed by atoms with Crippen molar-refractivity contribution >= 4 is 11.6 Å². The smallest absolute Gasteiger partial charge is 0.216 e. The van der Waals surface area contributed by atoms with Crippen molar-refractivity contribution < 1.29 is 14.1 Å². The zero-order chi connectivity index (χ0) is 15.6. The Labute approximate surface area is 131 Å². The molecule has 0 amide bonds. The molecule has 22 heavy (non-hydrogen) atoms.